The molecule has 0 atom stereocenters. The summed E-state index contributed by atoms with van der Waals surface area (Å²) in [6.45, 7) is 5.47. The third-order valence-electron chi connectivity index (χ3n) is 4.51. The minimum Gasteiger partial charge on any atom is -0.337 e. The van der Waals surface area contributed by atoms with Gasteiger partial charge in [-0.15, -0.1) is 11.3 Å². The molecule has 1 amide bonds. The Kier molecular flexibility index (Phi) is 5.67. The molecule has 0 N–H and O–H groups in total. The van der Waals surface area contributed by atoms with Gasteiger partial charge in [0.2, 0.25) is 0 Å². The Balaban J connectivity index is 1.58. The highest BCUT2D eigenvalue weighted by Gasteiger charge is 2.30. The van der Waals surface area contributed by atoms with Gasteiger partial charge < -0.3 is 4.90 Å². The molecule has 3 rings (SSSR count). The van der Waals surface area contributed by atoms with Crippen molar-refractivity contribution in [3.8, 4) is 0 Å². The minimum absolute atomic E-state index is 0.0690. The fourth-order valence-corrected chi connectivity index (χ4v) is 3.93. The van der Waals surface area contributed by atoms with Crippen LogP contribution in [-0.2, 0) is 12.7 Å². The molecule has 1 aliphatic rings. The molecule has 0 aliphatic carbocycles. The Morgan fingerprint density at radius 3 is 2.38 bits per heavy atom. The number of benzene rings is 1. The van der Waals surface area contributed by atoms with E-state index in [4.69, 9.17) is 0 Å². The van der Waals surface area contributed by atoms with E-state index in [1.807, 2.05) is 24.0 Å². The maximum absolute atomic E-state index is 12.6. The zero-order chi connectivity index (χ0) is 18.7. The number of nitrogens with zero attached hydrogens (tertiary/aromatic N) is 2. The largest absolute Gasteiger partial charge is 0.416 e. The second-order valence-corrected chi connectivity index (χ2v) is 7.81. The highest BCUT2D eigenvalue weighted by molar-refractivity contribution is 7.13. The van der Waals surface area contributed by atoms with Crippen molar-refractivity contribution in [3.63, 3.8) is 0 Å². The smallest absolute Gasteiger partial charge is 0.337 e. The molecule has 0 radical (unpaired) electrons. The topological polar surface area (TPSA) is 23.6 Å². The van der Waals surface area contributed by atoms with Crippen molar-refractivity contribution >= 4 is 17.2 Å². The van der Waals surface area contributed by atoms with Gasteiger partial charge in [0.25, 0.3) is 5.91 Å². The third-order valence-corrected chi connectivity index (χ3v) is 5.50. The second kappa shape index (κ2) is 7.80. The standard InChI is InChI=1S/C19H21F3N2OS/c1-14-3-8-17(26-14)18(25)24-10-2-9-23(11-12-24)13-15-4-6-16(7-5-15)19(20,21)22/h3-8H,2,9-13H2,1H3. The number of aryl methyl sites for hydroxylation is 1. The highest BCUT2D eigenvalue weighted by Crippen LogP contribution is 2.29. The van der Waals surface area contributed by atoms with Crippen molar-refractivity contribution in [2.75, 3.05) is 26.2 Å². The molecule has 2 heterocycles. The SMILES string of the molecule is Cc1ccc(C(=O)N2CCCN(Cc3ccc(C(F)(F)F)cc3)CC2)s1. The molecule has 0 spiro atoms. The fraction of sp³-hybridized carbons (Fsp3) is 0.421. The summed E-state index contributed by atoms with van der Waals surface area (Å²) in [7, 11) is 0. The summed E-state index contributed by atoms with van der Waals surface area (Å²) in [5.41, 5.74) is 0.229. The van der Waals surface area contributed by atoms with E-state index >= 15 is 0 Å². The fourth-order valence-electron chi connectivity index (χ4n) is 3.09. The summed E-state index contributed by atoms with van der Waals surface area (Å²) in [4.78, 5) is 18.5. The molecule has 1 saturated heterocycles. The lowest BCUT2D eigenvalue weighted by molar-refractivity contribution is -0.137. The van der Waals surface area contributed by atoms with Gasteiger partial charge in [0, 0.05) is 37.6 Å². The molecule has 26 heavy (non-hydrogen) atoms. The van der Waals surface area contributed by atoms with Crippen LogP contribution in [0.3, 0.4) is 0 Å². The monoisotopic (exact) mass is 382 g/mol. The zero-order valence-corrected chi connectivity index (χ0v) is 15.4. The molecular formula is C19H21F3N2OS. The average Bonchev–Trinajstić information content (AvgIpc) is 2.89. The normalized spacial score (nSPS) is 16.5. The van der Waals surface area contributed by atoms with Gasteiger partial charge in [-0.2, -0.15) is 13.2 Å². The number of amides is 1. The summed E-state index contributed by atoms with van der Waals surface area (Å²) in [5.74, 6) is 0.0690. The molecule has 7 heteroatoms. The van der Waals surface area contributed by atoms with Gasteiger partial charge >= 0.3 is 6.18 Å². The first-order valence-corrected chi connectivity index (χ1v) is 9.39. The van der Waals surface area contributed by atoms with Crippen LogP contribution >= 0.6 is 11.3 Å². The Morgan fingerprint density at radius 1 is 1.04 bits per heavy atom. The summed E-state index contributed by atoms with van der Waals surface area (Å²) in [6.07, 6.45) is -3.45. The first-order valence-electron chi connectivity index (χ1n) is 8.57. The summed E-state index contributed by atoms with van der Waals surface area (Å²) in [5, 5.41) is 0. The van der Waals surface area contributed by atoms with Gasteiger partial charge in [-0.3, -0.25) is 9.69 Å². The number of carbonyl (C=O) groups is 1. The maximum atomic E-state index is 12.6. The van der Waals surface area contributed by atoms with Crippen LogP contribution < -0.4 is 0 Å². The van der Waals surface area contributed by atoms with Crippen LogP contribution in [0.4, 0.5) is 13.2 Å². The van der Waals surface area contributed by atoms with Crippen LogP contribution in [0.25, 0.3) is 0 Å². The Hall–Kier alpha value is -1.86. The predicted octanol–water partition coefficient (Wildman–Crippen LogP) is 4.42. The van der Waals surface area contributed by atoms with Crippen LogP contribution in [0.15, 0.2) is 36.4 Å². The number of hydrogen-bond acceptors (Lipinski definition) is 3. The number of thiophene rings is 1. The molecular weight excluding hydrogens is 361 g/mol. The number of halogens is 3. The van der Waals surface area contributed by atoms with E-state index in [1.165, 1.54) is 23.5 Å². The zero-order valence-electron chi connectivity index (χ0n) is 14.6. The summed E-state index contributed by atoms with van der Waals surface area (Å²) in [6, 6.07) is 9.14. The lowest BCUT2D eigenvalue weighted by Gasteiger charge is -2.22. The molecule has 1 aromatic carbocycles. The van der Waals surface area contributed by atoms with Crippen LogP contribution in [-0.4, -0.2) is 41.9 Å². The van der Waals surface area contributed by atoms with Crippen LogP contribution in [0.5, 0.6) is 0 Å². The van der Waals surface area contributed by atoms with E-state index in [0.29, 0.717) is 19.6 Å². The minimum atomic E-state index is -4.30. The number of alkyl halides is 3. The van der Waals surface area contributed by atoms with Gasteiger partial charge in [0.15, 0.2) is 0 Å². The van der Waals surface area contributed by atoms with Gasteiger partial charge in [0.05, 0.1) is 10.4 Å². The van der Waals surface area contributed by atoms with E-state index < -0.39 is 11.7 Å². The highest BCUT2D eigenvalue weighted by atomic mass is 32.1. The van der Waals surface area contributed by atoms with Gasteiger partial charge in [0.1, 0.15) is 0 Å². The van der Waals surface area contributed by atoms with Crippen molar-refractivity contribution < 1.29 is 18.0 Å². The van der Waals surface area contributed by atoms with E-state index in [9.17, 15) is 18.0 Å². The van der Waals surface area contributed by atoms with Crippen LogP contribution in [0, 0.1) is 6.92 Å². The molecule has 140 valence electrons. The third kappa shape index (κ3) is 4.65. The van der Waals surface area contributed by atoms with Crippen molar-refractivity contribution in [2.45, 2.75) is 26.1 Å². The Morgan fingerprint density at radius 2 is 1.77 bits per heavy atom. The number of hydrogen-bond donors (Lipinski definition) is 0. The van der Waals surface area contributed by atoms with Crippen LogP contribution in [0.2, 0.25) is 0 Å². The van der Waals surface area contributed by atoms with E-state index in [0.717, 1.165) is 47.0 Å². The van der Waals surface area contributed by atoms with E-state index in [1.54, 1.807) is 0 Å². The van der Waals surface area contributed by atoms with E-state index in [2.05, 4.69) is 4.90 Å². The molecule has 3 nitrogen and oxygen atoms in total. The first kappa shape index (κ1) is 18.9. The van der Waals surface area contributed by atoms with Gasteiger partial charge in [-0.1, -0.05) is 12.1 Å². The summed E-state index contributed by atoms with van der Waals surface area (Å²) >= 11 is 1.51. The van der Waals surface area contributed by atoms with E-state index in [-0.39, 0.29) is 5.91 Å². The molecule has 0 bridgehead atoms. The first-order chi connectivity index (χ1) is 12.3. The molecule has 0 saturated carbocycles. The lowest BCUT2D eigenvalue weighted by atomic mass is 10.1. The molecule has 0 unspecified atom stereocenters. The van der Waals surface area contributed by atoms with Gasteiger partial charge in [-0.05, 0) is 43.2 Å². The Bertz CT molecular complexity index is 755. The van der Waals surface area contributed by atoms with Crippen molar-refractivity contribution in [1.82, 2.24) is 9.80 Å². The summed E-state index contributed by atoms with van der Waals surface area (Å²) < 4.78 is 37.9. The second-order valence-electron chi connectivity index (χ2n) is 6.53. The molecule has 1 aromatic heterocycles. The predicted molar refractivity (Wildman–Crippen MR) is 96.3 cm³/mol. The van der Waals surface area contributed by atoms with Gasteiger partial charge in [-0.25, -0.2) is 0 Å². The number of carbonyl (C=O) groups excluding carboxylic acids is 1. The molecule has 2 aromatic rings. The molecule has 1 aliphatic heterocycles. The van der Waals surface area contributed by atoms with Crippen molar-refractivity contribution in [1.29, 1.82) is 0 Å². The molecule has 1 fully saturated rings. The lowest BCUT2D eigenvalue weighted by Crippen LogP contribution is -2.34. The van der Waals surface area contributed by atoms with Crippen molar-refractivity contribution in [2.24, 2.45) is 0 Å². The number of rotatable bonds is 3. The van der Waals surface area contributed by atoms with Crippen molar-refractivity contribution in [3.05, 3.63) is 57.3 Å². The van der Waals surface area contributed by atoms with Crippen LogP contribution in [0.1, 0.15) is 32.1 Å². The Labute approximate surface area is 155 Å². The maximum Gasteiger partial charge on any atom is 0.416 e. The quantitative estimate of drug-likeness (QED) is 0.784. The average molecular weight is 382 g/mol.